The maximum atomic E-state index is 11.4. The number of ketones is 1. The molecule has 0 fully saturated rings. The highest BCUT2D eigenvalue weighted by Crippen LogP contribution is 2.19. The van der Waals surface area contributed by atoms with Gasteiger partial charge in [0.25, 0.3) is 0 Å². The molecule has 0 bridgehead atoms. The maximum Gasteiger partial charge on any atom is 0.152 e. The van der Waals surface area contributed by atoms with Crippen molar-refractivity contribution in [2.45, 2.75) is 27.7 Å². The Balaban J connectivity index is 4.51. The molecule has 1 nitrogen and oxygen atoms in total. The molecule has 0 aliphatic carbocycles. The fourth-order valence-electron chi connectivity index (χ4n) is 0.901. The molecule has 0 aromatic carbocycles. The molecule has 0 amide bonds. The molecule has 62 valence electrons. The van der Waals surface area contributed by atoms with Crippen LogP contribution < -0.4 is 0 Å². The van der Waals surface area contributed by atoms with Crippen molar-refractivity contribution in [2.75, 3.05) is 0 Å². The fourth-order valence-corrected chi connectivity index (χ4v) is 1.14. The second kappa shape index (κ2) is 3.78. The largest absolute Gasteiger partial charge is 0.298 e. The van der Waals surface area contributed by atoms with Crippen LogP contribution >= 0.6 is 11.6 Å². The molecule has 0 spiro atoms. The monoisotopic (exact) mass is 172 g/mol. The minimum atomic E-state index is -0.601. The third kappa shape index (κ3) is 2.95. The van der Waals surface area contributed by atoms with Crippen LogP contribution in [0.15, 0.2) is 0 Å². The van der Waals surface area contributed by atoms with E-state index in [0.29, 0.717) is 0 Å². The van der Waals surface area contributed by atoms with Crippen LogP contribution in [0.4, 0.5) is 0 Å². The van der Waals surface area contributed by atoms with E-state index >= 15 is 0 Å². The molecule has 0 atom stereocenters. The van der Waals surface area contributed by atoms with E-state index in [1.54, 1.807) is 13.8 Å². The van der Waals surface area contributed by atoms with Gasteiger partial charge in [0.1, 0.15) is 0 Å². The zero-order valence-corrected chi connectivity index (χ0v) is 8.12. The highest BCUT2D eigenvalue weighted by molar-refractivity contribution is 6.30. The Labute approximate surface area is 73.1 Å². The summed E-state index contributed by atoms with van der Waals surface area (Å²) < 4.78 is 0. The van der Waals surface area contributed by atoms with Crippen LogP contribution in [-0.4, -0.2) is 5.78 Å². The summed E-state index contributed by atoms with van der Waals surface area (Å²) >= 11 is 5.22. The maximum absolute atomic E-state index is 11.4. The third-order valence-corrected chi connectivity index (χ3v) is 1.59. The van der Waals surface area contributed by atoms with Crippen molar-refractivity contribution in [2.24, 2.45) is 11.3 Å². The summed E-state index contributed by atoms with van der Waals surface area (Å²) in [6.45, 7) is 7.29. The molecular formula is C9H13ClO. The van der Waals surface area contributed by atoms with Crippen molar-refractivity contribution in [3.63, 3.8) is 0 Å². The van der Waals surface area contributed by atoms with Crippen LogP contribution in [-0.2, 0) is 4.79 Å². The van der Waals surface area contributed by atoms with Gasteiger partial charge in [-0.15, -0.1) is 0 Å². The van der Waals surface area contributed by atoms with Crippen molar-refractivity contribution in [1.82, 2.24) is 0 Å². The quantitative estimate of drug-likeness (QED) is 0.585. The standard InChI is InChI=1S/C9H13ClO/c1-7(2)8(11)9(3,4)5-6-10/h7H,1-4H3. The molecule has 0 N–H and O–H groups in total. The number of carbonyl (C=O) groups is 1. The molecule has 2 heteroatoms. The molecule has 0 rings (SSSR count). The minimum absolute atomic E-state index is 0.0162. The molecular weight excluding hydrogens is 160 g/mol. The van der Waals surface area contributed by atoms with E-state index in [9.17, 15) is 4.79 Å². The first-order valence-corrected chi connectivity index (χ1v) is 3.96. The second-order valence-electron chi connectivity index (χ2n) is 3.36. The van der Waals surface area contributed by atoms with Crippen molar-refractivity contribution < 1.29 is 4.79 Å². The number of carbonyl (C=O) groups excluding carboxylic acids is 1. The lowest BCUT2D eigenvalue weighted by atomic mass is 9.83. The summed E-state index contributed by atoms with van der Waals surface area (Å²) in [5, 5.41) is 2.25. The SMILES string of the molecule is CC(C)C(=O)C(C)(C)C#CCl. The Bertz CT molecular complexity index is 205. The van der Waals surface area contributed by atoms with Crippen LogP contribution in [0.5, 0.6) is 0 Å². The van der Waals surface area contributed by atoms with Gasteiger partial charge < -0.3 is 0 Å². The topological polar surface area (TPSA) is 17.1 Å². The smallest absolute Gasteiger partial charge is 0.152 e. The highest BCUT2D eigenvalue weighted by Gasteiger charge is 2.26. The first-order valence-electron chi connectivity index (χ1n) is 3.59. The molecule has 0 saturated carbocycles. The zero-order chi connectivity index (χ0) is 9.07. The van der Waals surface area contributed by atoms with Crippen LogP contribution in [0.1, 0.15) is 27.7 Å². The summed E-state index contributed by atoms with van der Waals surface area (Å²) in [7, 11) is 0. The summed E-state index contributed by atoms with van der Waals surface area (Å²) in [4.78, 5) is 11.4. The van der Waals surface area contributed by atoms with E-state index in [2.05, 4.69) is 11.3 Å². The van der Waals surface area contributed by atoms with Crippen LogP contribution in [0.3, 0.4) is 0 Å². The Morgan fingerprint density at radius 2 is 1.91 bits per heavy atom. The lowest BCUT2D eigenvalue weighted by molar-refractivity contribution is -0.127. The lowest BCUT2D eigenvalue weighted by Crippen LogP contribution is -2.26. The van der Waals surface area contributed by atoms with Crippen molar-refractivity contribution in [3.05, 3.63) is 0 Å². The molecule has 0 aliphatic heterocycles. The second-order valence-corrected chi connectivity index (χ2v) is 3.55. The number of rotatable bonds is 2. The fraction of sp³-hybridized carbons (Fsp3) is 0.667. The van der Waals surface area contributed by atoms with E-state index in [1.807, 2.05) is 13.8 Å². The van der Waals surface area contributed by atoms with Gasteiger partial charge in [0.15, 0.2) is 5.78 Å². The van der Waals surface area contributed by atoms with E-state index in [1.165, 1.54) is 0 Å². The Morgan fingerprint density at radius 1 is 1.45 bits per heavy atom. The Morgan fingerprint density at radius 3 is 2.18 bits per heavy atom. The van der Waals surface area contributed by atoms with Crippen molar-refractivity contribution in [1.29, 1.82) is 0 Å². The van der Waals surface area contributed by atoms with Gasteiger partial charge >= 0.3 is 0 Å². The Kier molecular flexibility index (Phi) is 3.62. The molecule has 0 radical (unpaired) electrons. The summed E-state index contributed by atoms with van der Waals surface area (Å²) in [6, 6.07) is 0. The molecule has 0 aliphatic rings. The van der Waals surface area contributed by atoms with Crippen LogP contribution in [0.2, 0.25) is 0 Å². The number of halogens is 1. The zero-order valence-electron chi connectivity index (χ0n) is 7.36. The molecule has 0 saturated heterocycles. The third-order valence-electron chi connectivity index (χ3n) is 1.50. The minimum Gasteiger partial charge on any atom is -0.298 e. The first-order chi connectivity index (χ1) is 4.91. The molecule has 11 heavy (non-hydrogen) atoms. The lowest BCUT2D eigenvalue weighted by Gasteiger charge is -2.17. The van der Waals surface area contributed by atoms with Gasteiger partial charge in [0, 0.05) is 11.3 Å². The Hall–Kier alpha value is -0.480. The van der Waals surface area contributed by atoms with Crippen LogP contribution in [0, 0.1) is 22.6 Å². The summed E-state index contributed by atoms with van der Waals surface area (Å²) in [6.07, 6.45) is 0. The summed E-state index contributed by atoms with van der Waals surface area (Å²) in [5.74, 6) is 2.82. The number of hydrogen-bond acceptors (Lipinski definition) is 1. The average molecular weight is 173 g/mol. The normalized spacial score (nSPS) is 10.7. The molecule has 0 aromatic heterocycles. The van der Waals surface area contributed by atoms with E-state index in [4.69, 9.17) is 11.6 Å². The predicted octanol–water partition coefficient (Wildman–Crippen LogP) is 2.44. The van der Waals surface area contributed by atoms with Gasteiger partial charge in [-0.1, -0.05) is 19.8 Å². The van der Waals surface area contributed by atoms with Gasteiger partial charge in [-0.05, 0) is 25.4 Å². The van der Waals surface area contributed by atoms with Crippen LogP contribution in [0.25, 0.3) is 0 Å². The highest BCUT2D eigenvalue weighted by atomic mass is 35.5. The van der Waals surface area contributed by atoms with E-state index < -0.39 is 5.41 Å². The first kappa shape index (κ1) is 10.5. The van der Waals surface area contributed by atoms with Gasteiger partial charge in [-0.25, -0.2) is 0 Å². The molecule has 0 aromatic rings. The van der Waals surface area contributed by atoms with Crippen molar-refractivity contribution in [3.8, 4) is 11.3 Å². The number of Topliss-reactive ketones (excluding diaryl/α,β-unsaturated/α-hetero) is 1. The van der Waals surface area contributed by atoms with Gasteiger partial charge in [0.2, 0.25) is 0 Å². The van der Waals surface area contributed by atoms with Crippen molar-refractivity contribution >= 4 is 17.4 Å². The van der Waals surface area contributed by atoms with Gasteiger partial charge in [0.05, 0.1) is 5.41 Å². The van der Waals surface area contributed by atoms with Gasteiger partial charge in [-0.3, -0.25) is 4.79 Å². The summed E-state index contributed by atoms with van der Waals surface area (Å²) in [5.41, 5.74) is -0.601. The van der Waals surface area contributed by atoms with Gasteiger partial charge in [-0.2, -0.15) is 0 Å². The predicted molar refractivity (Wildman–Crippen MR) is 47.3 cm³/mol. The number of hydrogen-bond donors (Lipinski definition) is 0. The van der Waals surface area contributed by atoms with E-state index in [0.717, 1.165) is 0 Å². The van der Waals surface area contributed by atoms with E-state index in [-0.39, 0.29) is 11.7 Å². The molecule has 0 heterocycles. The molecule has 0 unspecified atom stereocenters. The average Bonchev–Trinajstić information content (AvgIpc) is 1.86.